The van der Waals surface area contributed by atoms with E-state index in [9.17, 15) is 0 Å². The first kappa shape index (κ1) is 12.5. The molecule has 0 amide bonds. The highest BCUT2D eigenvalue weighted by Crippen LogP contribution is 2.21. The van der Waals surface area contributed by atoms with Crippen LogP contribution >= 0.6 is 11.8 Å². The maximum Gasteiger partial charge on any atom is 0.233 e. The molecule has 0 aliphatic carbocycles. The van der Waals surface area contributed by atoms with E-state index in [2.05, 4.69) is 24.0 Å². The number of hydrogen-bond acceptors (Lipinski definition) is 5. The van der Waals surface area contributed by atoms with Crippen molar-refractivity contribution in [3.8, 4) is 0 Å². The van der Waals surface area contributed by atoms with Gasteiger partial charge in [0, 0.05) is 6.54 Å². The molecule has 0 saturated carbocycles. The SMILES string of the molecule is CC(C)SCc1noc(C(C)(C)CN)n1. The normalized spacial score (nSPS) is 12.4. The zero-order valence-electron chi connectivity index (χ0n) is 9.78. The van der Waals surface area contributed by atoms with Crippen LogP contribution < -0.4 is 5.73 Å². The molecule has 0 aromatic carbocycles. The Morgan fingerprint density at radius 3 is 2.67 bits per heavy atom. The number of nitrogens with two attached hydrogens (primary N) is 1. The van der Waals surface area contributed by atoms with Gasteiger partial charge in [-0.05, 0) is 19.1 Å². The van der Waals surface area contributed by atoms with Crippen molar-refractivity contribution in [1.29, 1.82) is 0 Å². The summed E-state index contributed by atoms with van der Waals surface area (Å²) in [5, 5.41) is 4.52. The summed E-state index contributed by atoms with van der Waals surface area (Å²) in [6.45, 7) is 8.80. The van der Waals surface area contributed by atoms with Crippen LogP contribution in [-0.4, -0.2) is 21.9 Å². The van der Waals surface area contributed by atoms with Gasteiger partial charge in [0.05, 0.1) is 11.2 Å². The predicted molar refractivity (Wildman–Crippen MR) is 62.8 cm³/mol. The van der Waals surface area contributed by atoms with Gasteiger partial charge in [-0.2, -0.15) is 16.7 Å². The van der Waals surface area contributed by atoms with Crippen molar-refractivity contribution in [2.45, 2.75) is 44.1 Å². The number of thioether (sulfide) groups is 1. The predicted octanol–water partition coefficient (Wildman–Crippen LogP) is 1.95. The van der Waals surface area contributed by atoms with Crippen LogP contribution in [0.2, 0.25) is 0 Å². The lowest BCUT2D eigenvalue weighted by molar-refractivity contribution is 0.309. The highest BCUT2D eigenvalue weighted by molar-refractivity contribution is 7.99. The number of nitrogens with zero attached hydrogens (tertiary/aromatic N) is 2. The lowest BCUT2D eigenvalue weighted by Gasteiger charge is -2.15. The summed E-state index contributed by atoms with van der Waals surface area (Å²) >= 11 is 1.80. The summed E-state index contributed by atoms with van der Waals surface area (Å²) in [5.74, 6) is 2.18. The lowest BCUT2D eigenvalue weighted by atomic mass is 9.94. The molecule has 0 radical (unpaired) electrons. The molecule has 1 aromatic rings. The average molecular weight is 229 g/mol. The second-order valence-corrected chi connectivity index (χ2v) is 6.03. The third kappa shape index (κ3) is 3.50. The minimum atomic E-state index is -0.228. The third-order valence-corrected chi connectivity index (χ3v) is 3.19. The fourth-order valence-corrected chi connectivity index (χ4v) is 1.52. The molecule has 0 spiro atoms. The van der Waals surface area contributed by atoms with Gasteiger partial charge in [-0.15, -0.1) is 0 Å². The number of aromatic nitrogens is 2. The highest BCUT2D eigenvalue weighted by Gasteiger charge is 2.25. The minimum absolute atomic E-state index is 0.228. The zero-order valence-corrected chi connectivity index (χ0v) is 10.6. The van der Waals surface area contributed by atoms with Crippen LogP contribution in [0.1, 0.15) is 39.4 Å². The molecular weight excluding hydrogens is 210 g/mol. The van der Waals surface area contributed by atoms with E-state index in [4.69, 9.17) is 10.3 Å². The second kappa shape index (κ2) is 4.99. The zero-order chi connectivity index (χ0) is 11.5. The van der Waals surface area contributed by atoms with E-state index in [0.717, 1.165) is 11.6 Å². The van der Waals surface area contributed by atoms with Gasteiger partial charge in [-0.3, -0.25) is 0 Å². The highest BCUT2D eigenvalue weighted by atomic mass is 32.2. The third-order valence-electron chi connectivity index (χ3n) is 2.10. The van der Waals surface area contributed by atoms with Gasteiger partial charge in [0.15, 0.2) is 5.82 Å². The van der Waals surface area contributed by atoms with E-state index in [0.29, 0.717) is 17.7 Å². The van der Waals surface area contributed by atoms with Gasteiger partial charge in [-0.1, -0.05) is 19.0 Å². The Morgan fingerprint density at radius 2 is 2.13 bits per heavy atom. The Kier molecular flexibility index (Phi) is 4.16. The van der Waals surface area contributed by atoms with Crippen LogP contribution in [0.3, 0.4) is 0 Å². The van der Waals surface area contributed by atoms with Gasteiger partial charge in [-0.25, -0.2) is 0 Å². The van der Waals surface area contributed by atoms with Gasteiger partial charge in [0.25, 0.3) is 0 Å². The Balaban J connectivity index is 2.64. The van der Waals surface area contributed by atoms with E-state index in [-0.39, 0.29) is 5.41 Å². The van der Waals surface area contributed by atoms with Crippen LogP contribution in [0.25, 0.3) is 0 Å². The van der Waals surface area contributed by atoms with Crippen molar-refractivity contribution < 1.29 is 4.52 Å². The van der Waals surface area contributed by atoms with Crippen molar-refractivity contribution in [2.24, 2.45) is 5.73 Å². The van der Waals surface area contributed by atoms with Gasteiger partial charge >= 0.3 is 0 Å². The molecular formula is C10H19N3OS. The van der Waals surface area contributed by atoms with Crippen molar-refractivity contribution in [3.05, 3.63) is 11.7 Å². The molecule has 0 saturated heterocycles. The number of rotatable bonds is 5. The van der Waals surface area contributed by atoms with Crippen LogP contribution in [0.4, 0.5) is 0 Å². The van der Waals surface area contributed by atoms with E-state index < -0.39 is 0 Å². The first-order valence-corrected chi connectivity index (χ1v) is 6.15. The van der Waals surface area contributed by atoms with Gasteiger partial charge in [0.1, 0.15) is 0 Å². The molecule has 0 unspecified atom stereocenters. The minimum Gasteiger partial charge on any atom is -0.339 e. The summed E-state index contributed by atoms with van der Waals surface area (Å²) in [6.07, 6.45) is 0. The Hall–Kier alpha value is -0.550. The summed E-state index contributed by atoms with van der Waals surface area (Å²) in [4.78, 5) is 4.35. The molecule has 2 N–H and O–H groups in total. The fraction of sp³-hybridized carbons (Fsp3) is 0.800. The van der Waals surface area contributed by atoms with Crippen molar-refractivity contribution in [1.82, 2.24) is 10.1 Å². The standard InChI is InChI=1S/C10H19N3OS/c1-7(2)15-5-8-12-9(14-13-8)10(3,4)6-11/h7H,5-6,11H2,1-4H3. The first-order valence-electron chi connectivity index (χ1n) is 5.10. The smallest absolute Gasteiger partial charge is 0.233 e. The molecule has 0 atom stereocenters. The summed E-state index contributed by atoms with van der Waals surface area (Å²) < 4.78 is 5.20. The molecule has 5 heteroatoms. The number of hydrogen-bond donors (Lipinski definition) is 1. The first-order chi connectivity index (χ1) is 6.95. The maximum absolute atomic E-state index is 5.64. The Morgan fingerprint density at radius 1 is 1.47 bits per heavy atom. The molecule has 0 aliphatic rings. The summed E-state index contributed by atoms with van der Waals surface area (Å²) in [6, 6.07) is 0. The van der Waals surface area contributed by atoms with E-state index in [1.807, 2.05) is 13.8 Å². The van der Waals surface area contributed by atoms with Gasteiger partial charge < -0.3 is 10.3 Å². The maximum atomic E-state index is 5.64. The summed E-state index contributed by atoms with van der Waals surface area (Å²) in [7, 11) is 0. The molecule has 0 aliphatic heterocycles. The average Bonchev–Trinajstić information content (AvgIpc) is 2.63. The lowest BCUT2D eigenvalue weighted by Crippen LogP contribution is -2.28. The molecule has 1 rings (SSSR count). The molecule has 0 bridgehead atoms. The van der Waals surface area contributed by atoms with Crippen LogP contribution in [0.5, 0.6) is 0 Å². The van der Waals surface area contributed by atoms with E-state index in [1.165, 1.54) is 0 Å². The monoisotopic (exact) mass is 229 g/mol. The van der Waals surface area contributed by atoms with Crippen molar-refractivity contribution >= 4 is 11.8 Å². The van der Waals surface area contributed by atoms with Crippen LogP contribution in [0.15, 0.2) is 4.52 Å². The van der Waals surface area contributed by atoms with Crippen LogP contribution in [0, 0.1) is 0 Å². The quantitative estimate of drug-likeness (QED) is 0.836. The molecule has 4 nitrogen and oxygen atoms in total. The van der Waals surface area contributed by atoms with E-state index >= 15 is 0 Å². The van der Waals surface area contributed by atoms with Gasteiger partial charge in [0.2, 0.25) is 5.89 Å². The van der Waals surface area contributed by atoms with Crippen LogP contribution in [-0.2, 0) is 11.2 Å². The van der Waals surface area contributed by atoms with Crippen molar-refractivity contribution in [3.63, 3.8) is 0 Å². The molecule has 0 fully saturated rings. The molecule has 15 heavy (non-hydrogen) atoms. The topological polar surface area (TPSA) is 64.9 Å². The molecule has 1 aromatic heterocycles. The summed E-state index contributed by atoms with van der Waals surface area (Å²) in [5.41, 5.74) is 5.41. The molecule has 1 heterocycles. The second-order valence-electron chi connectivity index (χ2n) is 4.46. The fourth-order valence-electron chi connectivity index (χ4n) is 0.916. The Labute approximate surface area is 95.0 Å². The largest absolute Gasteiger partial charge is 0.339 e. The van der Waals surface area contributed by atoms with Crippen molar-refractivity contribution in [2.75, 3.05) is 6.54 Å². The Bertz CT molecular complexity index is 309. The van der Waals surface area contributed by atoms with E-state index in [1.54, 1.807) is 11.8 Å². The molecule has 86 valence electrons.